The molecule has 2 atom stereocenters. The molecule has 3 saturated heterocycles. The summed E-state index contributed by atoms with van der Waals surface area (Å²) >= 11 is 0. The maximum Gasteiger partial charge on any atom is 0.394 e. The molecule has 11 heteroatoms. The van der Waals surface area contributed by atoms with Gasteiger partial charge in [-0.25, -0.2) is 4.98 Å². The number of ether oxygens (including phenoxy) is 2. The molecule has 2 aromatic rings. The third-order valence-electron chi connectivity index (χ3n) is 5.16. The second kappa shape index (κ2) is 7.86. The van der Waals surface area contributed by atoms with Crippen LogP contribution in [0.5, 0.6) is 5.75 Å². The first-order valence-electron chi connectivity index (χ1n) is 9.34. The van der Waals surface area contributed by atoms with Crippen LogP contribution in [-0.2, 0) is 11.2 Å². The van der Waals surface area contributed by atoms with Gasteiger partial charge in [0, 0.05) is 24.0 Å². The van der Waals surface area contributed by atoms with Crippen LogP contribution in [0, 0.1) is 0 Å². The Morgan fingerprint density at radius 2 is 2.03 bits per heavy atom. The van der Waals surface area contributed by atoms with E-state index < -0.39 is 19.2 Å². The highest BCUT2D eigenvalue weighted by atomic mass is 19.4. The fraction of sp³-hybridized carbons (Fsp3) is 0.474. The van der Waals surface area contributed by atoms with Gasteiger partial charge in [-0.2, -0.15) is 22.0 Å². The van der Waals surface area contributed by atoms with E-state index in [1.807, 2.05) is 4.90 Å². The lowest BCUT2D eigenvalue weighted by molar-refractivity contribution is -0.127. The highest BCUT2D eigenvalue weighted by Crippen LogP contribution is 2.35. The number of anilines is 2. The average Bonchev–Trinajstić information content (AvgIpc) is 2.68. The number of pyridine rings is 2. The molecule has 0 aromatic carbocycles. The van der Waals surface area contributed by atoms with Crippen molar-refractivity contribution in [1.82, 2.24) is 9.97 Å². The maximum atomic E-state index is 13.1. The molecule has 2 aromatic heterocycles. The van der Waals surface area contributed by atoms with Gasteiger partial charge in [0.1, 0.15) is 0 Å². The lowest BCUT2D eigenvalue weighted by Crippen LogP contribution is -2.54. The molecule has 5 rings (SSSR count). The summed E-state index contributed by atoms with van der Waals surface area (Å²) in [5, 5.41) is 0. The fourth-order valence-electron chi connectivity index (χ4n) is 3.83. The molecule has 3 fully saturated rings. The van der Waals surface area contributed by atoms with Crippen LogP contribution in [0.4, 0.5) is 33.5 Å². The average molecular weight is 430 g/mol. The second-order valence-corrected chi connectivity index (χ2v) is 7.32. The molecule has 0 saturated carbocycles. The van der Waals surface area contributed by atoms with Gasteiger partial charge in [0.05, 0.1) is 36.6 Å². The monoisotopic (exact) mass is 430 g/mol. The molecule has 30 heavy (non-hydrogen) atoms. The Labute approximate surface area is 168 Å². The number of hydrogen-bond donors (Lipinski definition) is 1. The highest BCUT2D eigenvalue weighted by molar-refractivity contribution is 5.68. The summed E-state index contributed by atoms with van der Waals surface area (Å²) in [6, 6.07) is 4.30. The van der Waals surface area contributed by atoms with Crippen LogP contribution >= 0.6 is 0 Å². The Hall–Kier alpha value is -2.69. The molecule has 162 valence electrons. The third kappa shape index (κ3) is 4.55. The lowest BCUT2D eigenvalue weighted by atomic mass is 9.96. The number of alkyl halides is 5. The molecule has 2 N–H and O–H groups in total. The number of nitrogen functional groups attached to an aromatic ring is 1. The molecule has 0 aliphatic carbocycles. The number of aromatic nitrogens is 2. The molecule has 0 spiro atoms. The van der Waals surface area contributed by atoms with Crippen LogP contribution in [-0.4, -0.2) is 48.1 Å². The molecular formula is C19H19F5N4O2. The zero-order valence-corrected chi connectivity index (χ0v) is 15.7. The third-order valence-corrected chi connectivity index (χ3v) is 5.16. The number of hydrogen-bond acceptors (Lipinski definition) is 6. The molecule has 3 aliphatic heterocycles. The number of rotatable bonds is 5. The molecule has 2 bridgehead atoms. The van der Waals surface area contributed by atoms with Crippen molar-refractivity contribution < 1.29 is 31.4 Å². The summed E-state index contributed by atoms with van der Waals surface area (Å²) in [6.07, 6.45) is -2.58. The fourth-order valence-corrected chi connectivity index (χ4v) is 3.83. The van der Waals surface area contributed by atoms with Crippen molar-refractivity contribution in [1.29, 1.82) is 0 Å². The van der Waals surface area contributed by atoms with E-state index in [9.17, 15) is 22.0 Å². The number of nitrogens with two attached hydrogens (primary N) is 1. The number of piperidine rings is 1. The van der Waals surface area contributed by atoms with Crippen molar-refractivity contribution in [3.63, 3.8) is 0 Å². The Kier molecular flexibility index (Phi) is 5.39. The van der Waals surface area contributed by atoms with Gasteiger partial charge in [0.15, 0.2) is 11.6 Å². The topological polar surface area (TPSA) is 73.5 Å². The zero-order valence-electron chi connectivity index (χ0n) is 15.7. The largest absolute Gasteiger partial charge is 0.431 e. The Morgan fingerprint density at radius 3 is 2.63 bits per heavy atom. The quantitative estimate of drug-likeness (QED) is 0.728. The zero-order chi connectivity index (χ0) is 21.5. The van der Waals surface area contributed by atoms with E-state index in [1.54, 1.807) is 6.07 Å². The van der Waals surface area contributed by atoms with Crippen LogP contribution in [0.25, 0.3) is 11.3 Å². The van der Waals surface area contributed by atoms with Crippen molar-refractivity contribution in [2.75, 3.05) is 23.8 Å². The van der Waals surface area contributed by atoms with E-state index in [0.29, 0.717) is 18.8 Å². The SMILES string of the molecule is Nc1ncc(-c2cc(N3C[C@@H]4CC[C@H]3CO4)cc(CC(F)(F)F)n2)cc1OC(F)F. The Morgan fingerprint density at radius 1 is 1.23 bits per heavy atom. The normalized spacial score (nSPS) is 21.3. The van der Waals surface area contributed by atoms with E-state index in [0.717, 1.165) is 12.8 Å². The van der Waals surface area contributed by atoms with Gasteiger partial charge in [-0.3, -0.25) is 4.98 Å². The second-order valence-electron chi connectivity index (χ2n) is 7.32. The molecule has 0 radical (unpaired) electrons. The van der Waals surface area contributed by atoms with Crippen molar-refractivity contribution in [2.45, 2.75) is 44.2 Å². The van der Waals surface area contributed by atoms with Gasteiger partial charge in [-0.05, 0) is 31.0 Å². The number of fused-ring (bicyclic) bond motifs is 3. The predicted molar refractivity (Wildman–Crippen MR) is 98.4 cm³/mol. The standard InChI is InChI=1S/C19H19F5N4O2/c20-18(21)30-16-3-10(7-26-17(16)25)15-5-13(4-11(27-15)6-19(22,23)24)28-8-14-2-1-12(28)9-29-14/h3-5,7,12,14,18H,1-2,6,8-9H2,(H2,25,26)/t12-,14-/m0/s1. The van der Waals surface area contributed by atoms with Crippen LogP contribution in [0.2, 0.25) is 0 Å². The molecule has 6 nitrogen and oxygen atoms in total. The maximum absolute atomic E-state index is 13.1. The van der Waals surface area contributed by atoms with Crippen LogP contribution < -0.4 is 15.4 Å². The lowest BCUT2D eigenvalue weighted by Gasteiger charge is -2.46. The van der Waals surface area contributed by atoms with E-state index in [2.05, 4.69) is 14.7 Å². The summed E-state index contributed by atoms with van der Waals surface area (Å²) in [7, 11) is 0. The van der Waals surface area contributed by atoms with Gasteiger partial charge in [0.25, 0.3) is 0 Å². The first-order chi connectivity index (χ1) is 14.2. The van der Waals surface area contributed by atoms with E-state index in [1.165, 1.54) is 18.3 Å². The van der Waals surface area contributed by atoms with Crippen LogP contribution in [0.1, 0.15) is 18.5 Å². The molecule has 0 unspecified atom stereocenters. The van der Waals surface area contributed by atoms with Crippen LogP contribution in [0.15, 0.2) is 24.4 Å². The number of nitrogens with zero attached hydrogens (tertiary/aromatic N) is 3. The van der Waals surface area contributed by atoms with Gasteiger partial charge in [-0.15, -0.1) is 0 Å². The first-order valence-corrected chi connectivity index (χ1v) is 9.34. The smallest absolute Gasteiger partial charge is 0.394 e. The van der Waals surface area contributed by atoms with E-state index >= 15 is 0 Å². The summed E-state index contributed by atoms with van der Waals surface area (Å²) in [6.45, 7) is -2.04. The number of halogens is 5. The number of morpholine rings is 1. The van der Waals surface area contributed by atoms with Crippen molar-refractivity contribution in [3.8, 4) is 17.0 Å². The highest BCUT2D eigenvalue weighted by Gasteiger charge is 2.36. The Bertz CT molecular complexity index is 916. The van der Waals surface area contributed by atoms with E-state index in [4.69, 9.17) is 10.5 Å². The minimum Gasteiger partial charge on any atom is -0.431 e. The Balaban J connectivity index is 1.74. The van der Waals surface area contributed by atoms with Crippen LogP contribution in [0.3, 0.4) is 0 Å². The molecule has 5 heterocycles. The molecule has 3 aliphatic rings. The summed E-state index contributed by atoms with van der Waals surface area (Å²) in [5.74, 6) is -0.617. The van der Waals surface area contributed by atoms with Gasteiger partial charge in [-0.1, -0.05) is 0 Å². The van der Waals surface area contributed by atoms with E-state index in [-0.39, 0.29) is 40.7 Å². The molecule has 0 amide bonds. The minimum atomic E-state index is -4.45. The first kappa shape index (κ1) is 20.6. The van der Waals surface area contributed by atoms with Crippen molar-refractivity contribution in [2.24, 2.45) is 0 Å². The predicted octanol–water partition coefficient (Wildman–Crippen LogP) is 3.80. The van der Waals surface area contributed by atoms with Gasteiger partial charge >= 0.3 is 12.8 Å². The minimum absolute atomic E-state index is 0.0296. The van der Waals surface area contributed by atoms with Gasteiger partial charge in [0.2, 0.25) is 0 Å². The summed E-state index contributed by atoms with van der Waals surface area (Å²) < 4.78 is 74.4. The van der Waals surface area contributed by atoms with Crippen molar-refractivity contribution in [3.05, 3.63) is 30.1 Å². The molecular weight excluding hydrogens is 411 g/mol. The van der Waals surface area contributed by atoms with Gasteiger partial charge < -0.3 is 20.1 Å². The summed E-state index contributed by atoms with van der Waals surface area (Å²) in [4.78, 5) is 9.93. The van der Waals surface area contributed by atoms with Crippen molar-refractivity contribution >= 4 is 11.5 Å². The summed E-state index contributed by atoms with van der Waals surface area (Å²) in [5.41, 5.74) is 6.35.